The molecule has 2 rings (SSSR count). The summed E-state index contributed by atoms with van der Waals surface area (Å²) in [6, 6.07) is 5.09. The van der Waals surface area contributed by atoms with Crippen molar-refractivity contribution in [2.75, 3.05) is 5.32 Å². The molecule has 0 heterocycles. The van der Waals surface area contributed by atoms with Crippen LogP contribution in [0.5, 0.6) is 0 Å². The van der Waals surface area contributed by atoms with Gasteiger partial charge in [-0.2, -0.15) is 0 Å². The van der Waals surface area contributed by atoms with Gasteiger partial charge in [0, 0.05) is 5.69 Å². The van der Waals surface area contributed by atoms with Crippen molar-refractivity contribution in [2.45, 2.75) is 76.7 Å². The van der Waals surface area contributed by atoms with E-state index in [-0.39, 0.29) is 28.0 Å². The van der Waals surface area contributed by atoms with Crippen molar-refractivity contribution in [3.63, 3.8) is 0 Å². The van der Waals surface area contributed by atoms with Gasteiger partial charge in [-0.3, -0.25) is 0 Å². The molecule has 1 aliphatic rings. The first-order valence-corrected chi connectivity index (χ1v) is 11.8. The third-order valence-electron chi connectivity index (χ3n) is 5.23. The molecule has 1 aromatic rings. The topological polar surface area (TPSA) is 21.3 Å². The van der Waals surface area contributed by atoms with E-state index in [1.165, 1.54) is 18.9 Å². The summed E-state index contributed by atoms with van der Waals surface area (Å²) in [7, 11) is -1.80. The summed E-state index contributed by atoms with van der Waals surface area (Å²) in [5.74, 6) is -0.380. The Kier molecular flexibility index (Phi) is 5.80. The van der Waals surface area contributed by atoms with Crippen LogP contribution in [0.1, 0.15) is 46.5 Å². The predicted molar refractivity (Wildman–Crippen MR) is 99.4 cm³/mol. The van der Waals surface area contributed by atoms with Crippen molar-refractivity contribution in [3.05, 3.63) is 29.0 Å². The van der Waals surface area contributed by atoms with Crippen molar-refractivity contribution in [1.29, 1.82) is 0 Å². The lowest BCUT2D eigenvalue weighted by Gasteiger charge is -2.43. The molecule has 0 amide bonds. The highest BCUT2D eigenvalue weighted by molar-refractivity contribution is 6.74. The highest BCUT2D eigenvalue weighted by atomic mass is 35.5. The first kappa shape index (κ1) is 18.8. The molecule has 2 atom stereocenters. The van der Waals surface area contributed by atoms with Crippen LogP contribution in [-0.4, -0.2) is 20.5 Å². The molecule has 1 N–H and O–H groups in total. The summed E-state index contributed by atoms with van der Waals surface area (Å²) in [5, 5.41) is 3.88. The zero-order valence-corrected chi connectivity index (χ0v) is 16.6. The first-order valence-electron chi connectivity index (χ1n) is 8.49. The fourth-order valence-corrected chi connectivity index (χ4v) is 4.33. The maximum Gasteiger partial charge on any atom is 0.192 e. The lowest BCUT2D eigenvalue weighted by atomic mass is 9.92. The van der Waals surface area contributed by atoms with Gasteiger partial charge in [-0.25, -0.2) is 4.39 Å². The van der Waals surface area contributed by atoms with E-state index in [1.807, 2.05) is 0 Å². The Hall–Kier alpha value is -0.583. The molecule has 1 fully saturated rings. The molecular weight excluding hydrogens is 329 g/mol. The van der Waals surface area contributed by atoms with Crippen molar-refractivity contribution in [2.24, 2.45) is 0 Å². The molecule has 0 aromatic heterocycles. The molecule has 1 aliphatic carbocycles. The third-order valence-corrected chi connectivity index (χ3v) is 10.0. The van der Waals surface area contributed by atoms with E-state index in [9.17, 15) is 4.39 Å². The minimum absolute atomic E-state index is 0.160. The fourth-order valence-electron chi connectivity index (χ4n) is 2.76. The number of hydrogen-bond donors (Lipinski definition) is 1. The molecule has 130 valence electrons. The summed E-state index contributed by atoms with van der Waals surface area (Å²) in [6.45, 7) is 11.4. The van der Waals surface area contributed by atoms with Gasteiger partial charge < -0.3 is 9.74 Å². The minimum Gasteiger partial charge on any atom is -0.412 e. The summed E-state index contributed by atoms with van der Waals surface area (Å²) in [4.78, 5) is 0. The second-order valence-electron chi connectivity index (χ2n) is 8.08. The molecule has 2 nitrogen and oxygen atoms in total. The van der Waals surface area contributed by atoms with Crippen LogP contribution < -0.4 is 5.32 Å². The SMILES string of the molecule is CC(C)(C)[Si](C)(C)O[C@@H]1CCCC[C@H]1Nc1ccc(F)c(Cl)c1. The van der Waals surface area contributed by atoms with Crippen molar-refractivity contribution in [1.82, 2.24) is 0 Å². The van der Waals surface area contributed by atoms with E-state index in [0.29, 0.717) is 0 Å². The molecule has 5 heteroatoms. The van der Waals surface area contributed by atoms with Gasteiger partial charge in [0.05, 0.1) is 17.2 Å². The van der Waals surface area contributed by atoms with Gasteiger partial charge in [0.25, 0.3) is 0 Å². The molecule has 0 aliphatic heterocycles. The first-order chi connectivity index (χ1) is 10.6. The van der Waals surface area contributed by atoms with E-state index in [2.05, 4.69) is 39.2 Å². The number of nitrogens with one attached hydrogen (secondary N) is 1. The monoisotopic (exact) mass is 357 g/mol. The number of rotatable bonds is 4. The molecule has 0 radical (unpaired) electrons. The van der Waals surface area contributed by atoms with Gasteiger partial charge in [0.2, 0.25) is 0 Å². The van der Waals surface area contributed by atoms with Crippen LogP contribution in [0.2, 0.25) is 23.2 Å². The minimum atomic E-state index is -1.80. The van der Waals surface area contributed by atoms with Crippen LogP contribution >= 0.6 is 11.6 Å². The molecule has 23 heavy (non-hydrogen) atoms. The zero-order valence-electron chi connectivity index (χ0n) is 14.9. The summed E-state index contributed by atoms with van der Waals surface area (Å²) in [5.41, 5.74) is 0.868. The average Bonchev–Trinajstić information content (AvgIpc) is 2.43. The van der Waals surface area contributed by atoms with E-state index in [4.69, 9.17) is 16.0 Å². The number of benzene rings is 1. The van der Waals surface area contributed by atoms with Gasteiger partial charge in [-0.1, -0.05) is 45.2 Å². The Labute approximate surface area is 145 Å². The van der Waals surface area contributed by atoms with Crippen LogP contribution in [0.4, 0.5) is 10.1 Å². The van der Waals surface area contributed by atoms with Crippen molar-refractivity contribution >= 4 is 25.6 Å². The number of hydrogen-bond acceptors (Lipinski definition) is 2. The molecule has 0 unspecified atom stereocenters. The number of halogens is 2. The second kappa shape index (κ2) is 7.12. The molecule has 0 bridgehead atoms. The predicted octanol–water partition coefficient (Wildman–Crippen LogP) is 6.22. The van der Waals surface area contributed by atoms with Gasteiger partial charge in [-0.05, 0) is 49.2 Å². The smallest absolute Gasteiger partial charge is 0.192 e. The summed E-state index contributed by atoms with van der Waals surface area (Å²) in [6.07, 6.45) is 4.78. The number of anilines is 1. The molecule has 0 saturated heterocycles. The lowest BCUT2D eigenvalue weighted by Crippen LogP contribution is -2.49. The van der Waals surface area contributed by atoms with E-state index >= 15 is 0 Å². The van der Waals surface area contributed by atoms with Crippen LogP contribution in [0.3, 0.4) is 0 Å². The van der Waals surface area contributed by atoms with Gasteiger partial charge in [-0.15, -0.1) is 0 Å². The average molecular weight is 358 g/mol. The third kappa shape index (κ3) is 4.71. The van der Waals surface area contributed by atoms with E-state index in [0.717, 1.165) is 18.5 Å². The fraction of sp³-hybridized carbons (Fsp3) is 0.667. The van der Waals surface area contributed by atoms with Gasteiger partial charge >= 0.3 is 0 Å². The van der Waals surface area contributed by atoms with E-state index < -0.39 is 8.32 Å². The molecule has 0 spiro atoms. The maximum atomic E-state index is 13.3. The highest BCUT2D eigenvalue weighted by Crippen LogP contribution is 2.39. The standard InChI is InChI=1S/C18H29ClFNOSi/c1-18(2,3)23(4,5)22-17-9-7-6-8-16(17)21-13-10-11-15(20)14(19)12-13/h10-12,16-17,21H,6-9H2,1-5H3/t16-,17-/m1/s1. The Bertz CT molecular complexity index is 544. The quantitative estimate of drug-likeness (QED) is 0.645. The van der Waals surface area contributed by atoms with Crippen LogP contribution in [-0.2, 0) is 4.43 Å². The normalized spacial score (nSPS) is 22.9. The Balaban J connectivity index is 2.10. The molecule has 1 aromatic carbocycles. The van der Waals surface area contributed by atoms with Crippen LogP contribution in [0.25, 0.3) is 0 Å². The largest absolute Gasteiger partial charge is 0.412 e. The summed E-state index contributed by atoms with van der Waals surface area (Å²) < 4.78 is 20.0. The van der Waals surface area contributed by atoms with Gasteiger partial charge in [0.1, 0.15) is 5.82 Å². The second-order valence-corrected chi connectivity index (χ2v) is 13.2. The molecular formula is C18H29ClFNOSi. The Morgan fingerprint density at radius 3 is 2.48 bits per heavy atom. The van der Waals surface area contributed by atoms with Gasteiger partial charge in [0.15, 0.2) is 8.32 Å². The Morgan fingerprint density at radius 1 is 1.22 bits per heavy atom. The van der Waals surface area contributed by atoms with Crippen LogP contribution in [0, 0.1) is 5.82 Å². The zero-order chi connectivity index (χ0) is 17.3. The summed E-state index contributed by atoms with van der Waals surface area (Å²) >= 11 is 5.89. The lowest BCUT2D eigenvalue weighted by molar-refractivity contribution is 0.124. The highest BCUT2D eigenvalue weighted by Gasteiger charge is 2.41. The Morgan fingerprint density at radius 2 is 1.87 bits per heavy atom. The van der Waals surface area contributed by atoms with Crippen molar-refractivity contribution in [3.8, 4) is 0 Å². The maximum absolute atomic E-state index is 13.3. The molecule has 1 saturated carbocycles. The van der Waals surface area contributed by atoms with Crippen molar-refractivity contribution < 1.29 is 8.82 Å². The van der Waals surface area contributed by atoms with Crippen LogP contribution in [0.15, 0.2) is 18.2 Å². The van der Waals surface area contributed by atoms with E-state index in [1.54, 1.807) is 12.1 Å².